The van der Waals surface area contributed by atoms with E-state index in [2.05, 4.69) is 12.1 Å². The highest BCUT2D eigenvalue weighted by Gasteiger charge is 2.13. The molecule has 0 aliphatic heterocycles. The molecule has 110 valence electrons. The second-order valence-electron chi connectivity index (χ2n) is 4.52. The van der Waals surface area contributed by atoms with E-state index in [1.165, 1.54) is 6.07 Å². The Balaban J connectivity index is 2.98. The van der Waals surface area contributed by atoms with E-state index in [1.54, 1.807) is 19.1 Å². The molecule has 1 aromatic carbocycles. The number of unbranched alkanes of at least 4 members (excludes halogenated alkanes) is 1. The molecule has 0 aromatic heterocycles. The molecule has 1 rings (SSSR count). The molecular formula is C14H21N3O3. The van der Waals surface area contributed by atoms with Gasteiger partial charge in [-0.25, -0.2) is 0 Å². The van der Waals surface area contributed by atoms with Crippen molar-refractivity contribution in [2.24, 2.45) is 10.9 Å². The van der Waals surface area contributed by atoms with Crippen LogP contribution in [0, 0.1) is 17.0 Å². The van der Waals surface area contributed by atoms with E-state index in [4.69, 9.17) is 10.6 Å². The minimum atomic E-state index is -0.382. The molecule has 0 aliphatic carbocycles. The van der Waals surface area contributed by atoms with E-state index in [-0.39, 0.29) is 10.6 Å². The van der Waals surface area contributed by atoms with E-state index in [0.29, 0.717) is 18.7 Å². The van der Waals surface area contributed by atoms with Gasteiger partial charge in [0.15, 0.2) is 0 Å². The molecule has 0 radical (unpaired) electrons. The van der Waals surface area contributed by atoms with Gasteiger partial charge in [-0.3, -0.25) is 10.1 Å². The first kappa shape index (κ1) is 16.1. The number of oxime groups is 1. The van der Waals surface area contributed by atoms with Gasteiger partial charge in [0.1, 0.15) is 6.61 Å². The topological polar surface area (TPSA) is 90.8 Å². The van der Waals surface area contributed by atoms with Gasteiger partial charge in [-0.2, -0.15) is 0 Å². The van der Waals surface area contributed by atoms with Crippen molar-refractivity contribution in [3.63, 3.8) is 0 Å². The molecule has 6 nitrogen and oxygen atoms in total. The summed E-state index contributed by atoms with van der Waals surface area (Å²) < 4.78 is 0. The molecule has 0 atom stereocenters. The third kappa shape index (κ3) is 4.62. The molecule has 0 unspecified atom stereocenters. The van der Waals surface area contributed by atoms with Gasteiger partial charge in [0.05, 0.1) is 10.6 Å². The predicted molar refractivity (Wildman–Crippen MR) is 78.9 cm³/mol. The second kappa shape index (κ2) is 8.27. The first-order chi connectivity index (χ1) is 9.60. The van der Waals surface area contributed by atoms with E-state index >= 15 is 0 Å². The molecular weight excluding hydrogens is 258 g/mol. The highest BCUT2D eigenvalue weighted by molar-refractivity contribution is 6.00. The lowest BCUT2D eigenvalue weighted by Crippen LogP contribution is -2.08. The number of nitro benzene ring substituents is 1. The van der Waals surface area contributed by atoms with Crippen LogP contribution in [0.5, 0.6) is 0 Å². The maximum Gasteiger partial charge on any atom is 0.272 e. The number of nitrogens with two attached hydrogens (primary N) is 1. The summed E-state index contributed by atoms with van der Waals surface area (Å²) in [5.41, 5.74) is 7.76. The molecule has 2 N–H and O–H groups in total. The lowest BCUT2D eigenvalue weighted by atomic mass is 10.0. The van der Waals surface area contributed by atoms with Gasteiger partial charge in [0.25, 0.3) is 5.69 Å². The Morgan fingerprint density at radius 3 is 2.80 bits per heavy atom. The van der Waals surface area contributed by atoms with Gasteiger partial charge >= 0.3 is 0 Å². The van der Waals surface area contributed by atoms with Crippen LogP contribution in [0.4, 0.5) is 5.69 Å². The van der Waals surface area contributed by atoms with Crippen LogP contribution in [0.3, 0.4) is 0 Å². The first-order valence-electron chi connectivity index (χ1n) is 6.74. The quantitative estimate of drug-likeness (QED) is 0.343. The van der Waals surface area contributed by atoms with Crippen LogP contribution in [0.25, 0.3) is 0 Å². The maximum atomic E-state index is 10.8. The molecule has 0 amide bonds. The van der Waals surface area contributed by atoms with Crippen molar-refractivity contribution >= 4 is 11.4 Å². The molecule has 0 fully saturated rings. The Morgan fingerprint density at radius 2 is 2.25 bits per heavy atom. The molecule has 6 heteroatoms. The summed E-state index contributed by atoms with van der Waals surface area (Å²) in [5.74, 6) is 0. The van der Waals surface area contributed by atoms with Gasteiger partial charge < -0.3 is 10.6 Å². The Labute approximate surface area is 118 Å². The average Bonchev–Trinajstić information content (AvgIpc) is 2.42. The zero-order chi connectivity index (χ0) is 15.0. The van der Waals surface area contributed by atoms with Crippen LogP contribution in [0.2, 0.25) is 0 Å². The number of aryl methyl sites for hydroxylation is 1. The van der Waals surface area contributed by atoms with Crippen molar-refractivity contribution in [1.29, 1.82) is 0 Å². The van der Waals surface area contributed by atoms with Crippen LogP contribution in [0.1, 0.15) is 37.3 Å². The first-order valence-corrected chi connectivity index (χ1v) is 6.74. The third-order valence-electron chi connectivity index (χ3n) is 2.88. The summed E-state index contributed by atoms with van der Waals surface area (Å²) in [6.07, 6.45) is 2.81. The molecule has 1 aromatic rings. The lowest BCUT2D eigenvalue weighted by Gasteiger charge is -2.07. The molecule has 0 saturated heterocycles. The highest BCUT2D eigenvalue weighted by atomic mass is 16.6. The minimum absolute atomic E-state index is 0.117. The number of hydrogen-bond donors (Lipinski definition) is 1. The standard InChI is InChI=1S/C14H21N3O3/c1-3-4-5-13(16-20-9-8-15)12-6-7-14(17(18)19)11(2)10-12/h6-7,10H,3-5,8-9,15H2,1-2H3. The number of rotatable bonds is 8. The largest absolute Gasteiger partial charge is 0.394 e. The van der Waals surface area contributed by atoms with Crippen molar-refractivity contribution in [2.75, 3.05) is 13.2 Å². The Hall–Kier alpha value is -1.95. The SMILES string of the molecule is CCCCC(=NOCCN)c1ccc([N+](=O)[O-])c(C)c1. The summed E-state index contributed by atoms with van der Waals surface area (Å²) >= 11 is 0. The fraction of sp³-hybridized carbons (Fsp3) is 0.500. The van der Waals surface area contributed by atoms with Crippen molar-refractivity contribution in [3.05, 3.63) is 39.4 Å². The van der Waals surface area contributed by atoms with Crippen LogP contribution in [-0.2, 0) is 4.84 Å². The average molecular weight is 279 g/mol. The van der Waals surface area contributed by atoms with Gasteiger partial charge in [-0.15, -0.1) is 0 Å². The smallest absolute Gasteiger partial charge is 0.272 e. The van der Waals surface area contributed by atoms with E-state index in [0.717, 1.165) is 30.5 Å². The molecule has 0 saturated carbocycles. The Morgan fingerprint density at radius 1 is 1.50 bits per heavy atom. The molecule has 0 spiro atoms. The maximum absolute atomic E-state index is 10.8. The van der Waals surface area contributed by atoms with Crippen LogP contribution in [0.15, 0.2) is 23.4 Å². The lowest BCUT2D eigenvalue weighted by molar-refractivity contribution is -0.385. The van der Waals surface area contributed by atoms with E-state index in [9.17, 15) is 10.1 Å². The summed E-state index contributed by atoms with van der Waals surface area (Å²) in [5, 5.41) is 14.9. The monoisotopic (exact) mass is 279 g/mol. The van der Waals surface area contributed by atoms with Crippen molar-refractivity contribution in [3.8, 4) is 0 Å². The molecule has 0 aliphatic rings. The number of nitrogens with zero attached hydrogens (tertiary/aromatic N) is 2. The summed E-state index contributed by atoms with van der Waals surface area (Å²) in [6.45, 7) is 4.59. The number of nitro groups is 1. The highest BCUT2D eigenvalue weighted by Crippen LogP contribution is 2.20. The fourth-order valence-corrected chi connectivity index (χ4v) is 1.80. The summed E-state index contributed by atoms with van der Waals surface area (Å²) in [7, 11) is 0. The zero-order valence-electron chi connectivity index (χ0n) is 12.0. The van der Waals surface area contributed by atoms with E-state index < -0.39 is 0 Å². The second-order valence-corrected chi connectivity index (χ2v) is 4.52. The molecule has 0 bridgehead atoms. The summed E-state index contributed by atoms with van der Waals surface area (Å²) in [4.78, 5) is 15.6. The molecule has 0 heterocycles. The van der Waals surface area contributed by atoms with Crippen molar-refractivity contribution in [1.82, 2.24) is 0 Å². The fourth-order valence-electron chi connectivity index (χ4n) is 1.80. The Bertz CT molecular complexity index is 487. The van der Waals surface area contributed by atoms with Gasteiger partial charge in [-0.1, -0.05) is 18.5 Å². The van der Waals surface area contributed by atoms with E-state index in [1.807, 2.05) is 0 Å². The third-order valence-corrected chi connectivity index (χ3v) is 2.88. The van der Waals surface area contributed by atoms with Crippen molar-refractivity contribution in [2.45, 2.75) is 33.1 Å². The minimum Gasteiger partial charge on any atom is -0.394 e. The van der Waals surface area contributed by atoms with Crippen molar-refractivity contribution < 1.29 is 9.76 Å². The predicted octanol–water partition coefficient (Wildman–Crippen LogP) is 2.77. The molecule has 20 heavy (non-hydrogen) atoms. The van der Waals surface area contributed by atoms with Gasteiger partial charge in [-0.05, 0) is 31.9 Å². The van der Waals surface area contributed by atoms with Gasteiger partial charge in [0, 0.05) is 23.7 Å². The number of hydrogen-bond acceptors (Lipinski definition) is 5. The van der Waals surface area contributed by atoms with Crippen LogP contribution >= 0.6 is 0 Å². The normalized spacial score (nSPS) is 11.4. The van der Waals surface area contributed by atoms with Crippen LogP contribution in [-0.4, -0.2) is 23.8 Å². The Kier molecular flexibility index (Phi) is 6.66. The number of benzene rings is 1. The zero-order valence-corrected chi connectivity index (χ0v) is 12.0. The van der Waals surface area contributed by atoms with Gasteiger partial charge in [0.2, 0.25) is 0 Å². The summed E-state index contributed by atoms with van der Waals surface area (Å²) in [6, 6.07) is 5.00. The van der Waals surface area contributed by atoms with Crippen LogP contribution < -0.4 is 5.73 Å².